The van der Waals surface area contributed by atoms with Crippen LogP contribution < -0.4 is 5.43 Å². The van der Waals surface area contributed by atoms with E-state index in [-0.39, 0.29) is 5.91 Å². The summed E-state index contributed by atoms with van der Waals surface area (Å²) >= 11 is 0. The molecule has 28 heavy (non-hydrogen) atoms. The molecule has 0 saturated heterocycles. The number of amides is 1. The molecule has 0 unspecified atom stereocenters. The first-order chi connectivity index (χ1) is 13.7. The largest absolute Gasteiger partial charge is 0.272 e. The molecule has 136 valence electrons. The van der Waals surface area contributed by atoms with Gasteiger partial charge < -0.3 is 0 Å². The number of nitrogens with one attached hydrogen (secondary N) is 1. The number of pyridine rings is 2. The second-order valence-electron chi connectivity index (χ2n) is 6.29. The third kappa shape index (κ3) is 3.64. The highest BCUT2D eigenvalue weighted by atomic mass is 16.2. The molecule has 0 aliphatic heterocycles. The van der Waals surface area contributed by atoms with Gasteiger partial charge in [-0.1, -0.05) is 54.6 Å². The number of fused-ring (bicyclic) bond motifs is 1. The maximum Gasteiger partial charge on any atom is 0.272 e. The molecule has 2 aromatic heterocycles. The van der Waals surface area contributed by atoms with E-state index in [0.717, 1.165) is 22.2 Å². The van der Waals surface area contributed by atoms with Gasteiger partial charge in [-0.05, 0) is 31.2 Å². The Hall–Kier alpha value is -3.86. The van der Waals surface area contributed by atoms with Crippen molar-refractivity contribution in [3.8, 4) is 11.3 Å². The highest BCUT2D eigenvalue weighted by molar-refractivity contribution is 6.08. The van der Waals surface area contributed by atoms with Crippen molar-refractivity contribution in [2.75, 3.05) is 0 Å². The highest BCUT2D eigenvalue weighted by Crippen LogP contribution is 2.24. The Kier molecular flexibility index (Phi) is 4.89. The van der Waals surface area contributed by atoms with Gasteiger partial charge in [0.2, 0.25) is 0 Å². The first-order valence-corrected chi connectivity index (χ1v) is 8.93. The van der Waals surface area contributed by atoms with Crippen molar-refractivity contribution in [1.82, 2.24) is 15.4 Å². The Balaban J connectivity index is 1.72. The molecular formula is C23H18N4O. The monoisotopic (exact) mass is 366 g/mol. The van der Waals surface area contributed by atoms with Gasteiger partial charge in [-0.25, -0.2) is 10.4 Å². The summed E-state index contributed by atoms with van der Waals surface area (Å²) in [5, 5.41) is 5.00. The van der Waals surface area contributed by atoms with Gasteiger partial charge in [0, 0.05) is 17.1 Å². The summed E-state index contributed by atoms with van der Waals surface area (Å²) in [4.78, 5) is 21.9. The first-order valence-electron chi connectivity index (χ1n) is 8.93. The molecule has 0 bridgehead atoms. The number of hydrazone groups is 1. The van der Waals surface area contributed by atoms with Crippen LogP contribution in [0.2, 0.25) is 0 Å². The van der Waals surface area contributed by atoms with Crippen molar-refractivity contribution in [3.63, 3.8) is 0 Å². The Bertz CT molecular complexity index is 1160. The maximum atomic E-state index is 12.9. The fourth-order valence-electron chi connectivity index (χ4n) is 2.95. The molecule has 5 heteroatoms. The van der Waals surface area contributed by atoms with Crippen molar-refractivity contribution < 1.29 is 4.79 Å². The van der Waals surface area contributed by atoms with Crippen LogP contribution in [-0.4, -0.2) is 21.6 Å². The van der Waals surface area contributed by atoms with E-state index in [1.54, 1.807) is 12.3 Å². The summed E-state index contributed by atoms with van der Waals surface area (Å²) in [7, 11) is 0. The van der Waals surface area contributed by atoms with E-state index in [4.69, 9.17) is 4.98 Å². The summed E-state index contributed by atoms with van der Waals surface area (Å²) < 4.78 is 0. The molecule has 0 aliphatic carbocycles. The van der Waals surface area contributed by atoms with Crippen LogP contribution in [0.25, 0.3) is 22.2 Å². The van der Waals surface area contributed by atoms with E-state index in [1.165, 1.54) is 0 Å². The molecule has 4 aromatic rings. The predicted octanol–water partition coefficient (Wildman–Crippen LogP) is 4.45. The number of rotatable bonds is 4. The lowest BCUT2D eigenvalue weighted by molar-refractivity contribution is 0.0956. The number of nitrogens with zero attached hydrogens (tertiary/aromatic N) is 3. The van der Waals surface area contributed by atoms with E-state index in [0.29, 0.717) is 17.0 Å². The Morgan fingerprint density at radius 1 is 0.929 bits per heavy atom. The summed E-state index contributed by atoms with van der Waals surface area (Å²) in [6.45, 7) is 1.81. The molecule has 1 N–H and O–H groups in total. The maximum absolute atomic E-state index is 12.9. The molecule has 0 spiro atoms. The average Bonchev–Trinajstić information content (AvgIpc) is 2.77. The zero-order valence-electron chi connectivity index (χ0n) is 15.3. The lowest BCUT2D eigenvalue weighted by Gasteiger charge is -2.09. The van der Waals surface area contributed by atoms with E-state index in [9.17, 15) is 4.79 Å². The average molecular weight is 366 g/mol. The number of aromatic nitrogens is 2. The van der Waals surface area contributed by atoms with Crippen LogP contribution in [0.5, 0.6) is 0 Å². The van der Waals surface area contributed by atoms with E-state index in [1.807, 2.05) is 79.7 Å². The standard InChI is InChI=1S/C23H18N4O/c1-16(20-12-7-8-14-24-20)26-27-23(28)19-15-22(17-9-3-2-4-10-17)25-21-13-6-5-11-18(19)21/h2-15H,1H3,(H,27,28). The van der Waals surface area contributed by atoms with E-state index >= 15 is 0 Å². The minimum absolute atomic E-state index is 0.286. The van der Waals surface area contributed by atoms with Gasteiger partial charge in [-0.2, -0.15) is 5.10 Å². The van der Waals surface area contributed by atoms with E-state index in [2.05, 4.69) is 15.5 Å². The second-order valence-corrected chi connectivity index (χ2v) is 6.29. The first kappa shape index (κ1) is 17.5. The summed E-state index contributed by atoms with van der Waals surface area (Å²) in [5.41, 5.74) is 6.99. The third-order valence-corrected chi connectivity index (χ3v) is 4.39. The quantitative estimate of drug-likeness (QED) is 0.429. The van der Waals surface area contributed by atoms with Crippen LogP contribution in [0.15, 0.2) is 90.2 Å². The molecule has 0 aliphatic rings. The molecule has 0 radical (unpaired) electrons. The molecule has 0 saturated carbocycles. The van der Waals surface area contributed by atoms with Crippen molar-refractivity contribution >= 4 is 22.5 Å². The van der Waals surface area contributed by atoms with Gasteiger partial charge in [-0.15, -0.1) is 0 Å². The lowest BCUT2D eigenvalue weighted by atomic mass is 10.0. The molecule has 4 rings (SSSR count). The molecule has 0 fully saturated rings. The normalized spacial score (nSPS) is 11.4. The molecular weight excluding hydrogens is 348 g/mol. The number of benzene rings is 2. The van der Waals surface area contributed by atoms with Crippen molar-refractivity contribution in [1.29, 1.82) is 0 Å². The van der Waals surface area contributed by atoms with Gasteiger partial charge in [-0.3, -0.25) is 9.78 Å². The topological polar surface area (TPSA) is 67.2 Å². The number of hydrogen-bond donors (Lipinski definition) is 1. The molecule has 1 amide bonds. The number of hydrogen-bond acceptors (Lipinski definition) is 4. The second kappa shape index (κ2) is 7.80. The molecule has 2 aromatic carbocycles. The predicted molar refractivity (Wildman–Crippen MR) is 111 cm³/mol. The van der Waals surface area contributed by atoms with Crippen LogP contribution in [0.3, 0.4) is 0 Å². The Labute approximate surface area is 162 Å². The lowest BCUT2D eigenvalue weighted by Crippen LogP contribution is -2.20. The molecule has 5 nitrogen and oxygen atoms in total. The third-order valence-electron chi connectivity index (χ3n) is 4.39. The van der Waals surface area contributed by atoms with Gasteiger partial charge in [0.1, 0.15) is 0 Å². The molecule has 2 heterocycles. The van der Waals surface area contributed by atoms with Crippen LogP contribution in [0, 0.1) is 0 Å². The fourth-order valence-corrected chi connectivity index (χ4v) is 2.95. The summed E-state index contributed by atoms with van der Waals surface area (Å²) in [6, 6.07) is 24.8. The van der Waals surface area contributed by atoms with Crippen LogP contribution in [0.4, 0.5) is 0 Å². The van der Waals surface area contributed by atoms with Gasteiger partial charge >= 0.3 is 0 Å². The minimum atomic E-state index is -0.286. The summed E-state index contributed by atoms with van der Waals surface area (Å²) in [5.74, 6) is -0.286. The SMILES string of the molecule is CC(=NNC(=O)c1cc(-c2ccccc2)nc2ccccc12)c1ccccn1. The van der Waals surface area contributed by atoms with Crippen molar-refractivity contribution in [2.45, 2.75) is 6.92 Å². The zero-order valence-corrected chi connectivity index (χ0v) is 15.3. The zero-order chi connectivity index (χ0) is 19.3. The highest BCUT2D eigenvalue weighted by Gasteiger charge is 2.13. The van der Waals surface area contributed by atoms with Crippen molar-refractivity contribution in [2.24, 2.45) is 5.10 Å². The van der Waals surface area contributed by atoms with Gasteiger partial charge in [0.05, 0.1) is 28.2 Å². The Morgan fingerprint density at radius 3 is 2.46 bits per heavy atom. The van der Waals surface area contributed by atoms with Gasteiger partial charge in [0.25, 0.3) is 5.91 Å². The van der Waals surface area contributed by atoms with Crippen LogP contribution in [0.1, 0.15) is 23.0 Å². The fraction of sp³-hybridized carbons (Fsp3) is 0.0435. The Morgan fingerprint density at radius 2 is 1.68 bits per heavy atom. The number of carbonyl (C=O) groups excluding carboxylic acids is 1. The van der Waals surface area contributed by atoms with Crippen molar-refractivity contribution in [3.05, 3.63) is 96.3 Å². The van der Waals surface area contributed by atoms with Crippen LogP contribution in [-0.2, 0) is 0 Å². The summed E-state index contributed by atoms with van der Waals surface area (Å²) in [6.07, 6.45) is 1.69. The molecule has 0 atom stereocenters. The smallest absolute Gasteiger partial charge is 0.267 e. The van der Waals surface area contributed by atoms with E-state index < -0.39 is 0 Å². The van der Waals surface area contributed by atoms with Crippen LogP contribution >= 0.6 is 0 Å². The number of para-hydroxylation sites is 1. The minimum Gasteiger partial charge on any atom is -0.267 e. The van der Waals surface area contributed by atoms with Gasteiger partial charge in [0.15, 0.2) is 0 Å². The number of carbonyl (C=O) groups is 1.